The van der Waals surface area contributed by atoms with Crippen LogP contribution < -0.4 is 10.5 Å². The van der Waals surface area contributed by atoms with E-state index in [4.69, 9.17) is 10.5 Å². The molecule has 3 rings (SSSR count). The highest BCUT2D eigenvalue weighted by Gasteiger charge is 2.05. The summed E-state index contributed by atoms with van der Waals surface area (Å²) >= 11 is 0. The first-order valence-electron chi connectivity index (χ1n) is 6.55. The molecular formula is C16H12FN3O2. The maximum absolute atomic E-state index is 12.8. The van der Waals surface area contributed by atoms with E-state index in [1.165, 1.54) is 24.5 Å². The molecule has 0 atom stereocenters. The summed E-state index contributed by atoms with van der Waals surface area (Å²) in [5, 5.41) is 0. The molecule has 3 aromatic rings. The number of carbonyl (C=O) groups excluding carboxylic acids is 1. The van der Waals surface area contributed by atoms with E-state index in [2.05, 4.69) is 9.97 Å². The molecule has 0 aliphatic carbocycles. The van der Waals surface area contributed by atoms with Gasteiger partial charge < -0.3 is 10.5 Å². The molecule has 0 radical (unpaired) electrons. The summed E-state index contributed by atoms with van der Waals surface area (Å²) in [6, 6.07) is 9.36. The first kappa shape index (κ1) is 13.9. The predicted octanol–water partition coefficient (Wildman–Crippen LogP) is 2.45. The smallest absolute Gasteiger partial charge is 0.250 e. The summed E-state index contributed by atoms with van der Waals surface area (Å²) in [6.45, 7) is 0.298. The highest BCUT2D eigenvalue weighted by molar-refractivity contribution is 5.95. The van der Waals surface area contributed by atoms with Gasteiger partial charge >= 0.3 is 0 Å². The summed E-state index contributed by atoms with van der Waals surface area (Å²) in [5.41, 5.74) is 7.51. The Bertz CT molecular complexity index is 834. The van der Waals surface area contributed by atoms with Gasteiger partial charge in [0.2, 0.25) is 5.91 Å². The van der Waals surface area contributed by atoms with Gasteiger partial charge in [-0.1, -0.05) is 12.1 Å². The van der Waals surface area contributed by atoms with Crippen LogP contribution in [0.15, 0.2) is 48.8 Å². The Balaban J connectivity index is 1.78. The third-order valence-corrected chi connectivity index (χ3v) is 3.11. The second kappa shape index (κ2) is 5.77. The fraction of sp³-hybridized carbons (Fsp3) is 0.0625. The summed E-state index contributed by atoms with van der Waals surface area (Å²) in [6.07, 6.45) is 2.94. The summed E-state index contributed by atoms with van der Waals surface area (Å²) in [7, 11) is 0. The van der Waals surface area contributed by atoms with Crippen LogP contribution in [-0.2, 0) is 6.61 Å². The molecule has 0 saturated heterocycles. The van der Waals surface area contributed by atoms with Crippen LogP contribution in [0.2, 0.25) is 0 Å². The number of ether oxygens (including phenoxy) is 1. The zero-order valence-electron chi connectivity index (χ0n) is 11.5. The Labute approximate surface area is 125 Å². The molecule has 2 N–H and O–H groups in total. The minimum Gasteiger partial charge on any atom is -0.487 e. The molecule has 1 aromatic carbocycles. The Hall–Kier alpha value is -3.02. The third kappa shape index (κ3) is 3.01. The van der Waals surface area contributed by atoms with Crippen molar-refractivity contribution in [1.82, 2.24) is 9.97 Å². The fourth-order valence-electron chi connectivity index (χ4n) is 1.94. The normalized spacial score (nSPS) is 10.6. The SMILES string of the molecule is NC(=O)c1cnc2cc(OCc3ccc(F)cc3)cnc2c1. The molecule has 0 fully saturated rings. The van der Waals surface area contributed by atoms with Gasteiger partial charge in [0, 0.05) is 12.3 Å². The van der Waals surface area contributed by atoms with Crippen molar-refractivity contribution in [1.29, 1.82) is 0 Å². The monoisotopic (exact) mass is 297 g/mol. The molecule has 1 amide bonds. The van der Waals surface area contributed by atoms with E-state index in [0.717, 1.165) is 5.56 Å². The van der Waals surface area contributed by atoms with Crippen molar-refractivity contribution in [2.75, 3.05) is 0 Å². The summed E-state index contributed by atoms with van der Waals surface area (Å²) in [5.74, 6) is -0.297. The van der Waals surface area contributed by atoms with Crippen molar-refractivity contribution in [3.8, 4) is 5.75 Å². The molecule has 22 heavy (non-hydrogen) atoms. The number of nitrogens with two attached hydrogens (primary N) is 1. The van der Waals surface area contributed by atoms with Crippen LogP contribution in [0.25, 0.3) is 11.0 Å². The average molecular weight is 297 g/mol. The molecule has 2 aromatic heterocycles. The maximum atomic E-state index is 12.8. The molecule has 0 aliphatic heterocycles. The van der Waals surface area contributed by atoms with Crippen LogP contribution in [-0.4, -0.2) is 15.9 Å². The van der Waals surface area contributed by atoms with E-state index >= 15 is 0 Å². The molecule has 0 saturated carbocycles. The van der Waals surface area contributed by atoms with Gasteiger partial charge in [0.1, 0.15) is 18.2 Å². The van der Waals surface area contributed by atoms with E-state index < -0.39 is 5.91 Å². The number of carbonyl (C=O) groups is 1. The van der Waals surface area contributed by atoms with Crippen LogP contribution in [0, 0.1) is 5.82 Å². The topological polar surface area (TPSA) is 78.1 Å². The molecule has 0 unspecified atom stereocenters. The number of rotatable bonds is 4. The summed E-state index contributed by atoms with van der Waals surface area (Å²) in [4.78, 5) is 19.4. The van der Waals surface area contributed by atoms with Crippen molar-refractivity contribution in [3.63, 3.8) is 0 Å². The molecule has 110 valence electrons. The first-order valence-corrected chi connectivity index (χ1v) is 6.55. The van der Waals surface area contributed by atoms with Crippen LogP contribution in [0.4, 0.5) is 4.39 Å². The standard InChI is InChI=1S/C16H12FN3O2/c17-12-3-1-10(2-4-12)9-22-13-6-15-14(20-8-13)5-11(7-19-15)16(18)21/h1-8H,9H2,(H2,18,21). The Morgan fingerprint density at radius 2 is 1.77 bits per heavy atom. The van der Waals surface area contributed by atoms with Crippen LogP contribution in [0.1, 0.15) is 15.9 Å². The lowest BCUT2D eigenvalue weighted by atomic mass is 10.2. The highest BCUT2D eigenvalue weighted by Crippen LogP contribution is 2.18. The van der Waals surface area contributed by atoms with Gasteiger partial charge in [0.05, 0.1) is 22.8 Å². The van der Waals surface area contributed by atoms with Crippen molar-refractivity contribution in [3.05, 3.63) is 65.7 Å². The largest absolute Gasteiger partial charge is 0.487 e. The minimum absolute atomic E-state index is 0.287. The number of amides is 1. The fourth-order valence-corrected chi connectivity index (χ4v) is 1.94. The lowest BCUT2D eigenvalue weighted by Crippen LogP contribution is -2.11. The minimum atomic E-state index is -0.548. The molecule has 0 aliphatic rings. The molecule has 2 heterocycles. The predicted molar refractivity (Wildman–Crippen MR) is 78.8 cm³/mol. The third-order valence-electron chi connectivity index (χ3n) is 3.11. The number of fused-ring (bicyclic) bond motifs is 1. The number of benzene rings is 1. The van der Waals surface area contributed by atoms with Crippen LogP contribution >= 0.6 is 0 Å². The zero-order chi connectivity index (χ0) is 15.5. The number of nitrogens with zero attached hydrogens (tertiary/aromatic N) is 2. The van der Waals surface area contributed by atoms with E-state index in [1.807, 2.05) is 0 Å². The second-order valence-electron chi connectivity index (χ2n) is 4.71. The Morgan fingerprint density at radius 1 is 1.09 bits per heavy atom. The van der Waals surface area contributed by atoms with Gasteiger partial charge in [-0.2, -0.15) is 0 Å². The van der Waals surface area contributed by atoms with Gasteiger partial charge in [0.15, 0.2) is 0 Å². The number of hydrogen-bond acceptors (Lipinski definition) is 4. The van der Waals surface area contributed by atoms with Gasteiger partial charge in [-0.15, -0.1) is 0 Å². The number of primary amides is 1. The van der Waals surface area contributed by atoms with Crippen molar-refractivity contribution in [2.45, 2.75) is 6.61 Å². The Kier molecular flexibility index (Phi) is 3.65. The van der Waals surface area contributed by atoms with Gasteiger partial charge in [-0.05, 0) is 23.8 Å². The van der Waals surface area contributed by atoms with Crippen molar-refractivity contribution in [2.24, 2.45) is 5.73 Å². The zero-order valence-corrected chi connectivity index (χ0v) is 11.5. The van der Waals surface area contributed by atoms with Crippen molar-refractivity contribution < 1.29 is 13.9 Å². The number of pyridine rings is 2. The van der Waals surface area contributed by atoms with E-state index in [-0.39, 0.29) is 5.82 Å². The van der Waals surface area contributed by atoms with Gasteiger partial charge in [-0.25, -0.2) is 4.39 Å². The van der Waals surface area contributed by atoms with E-state index in [9.17, 15) is 9.18 Å². The average Bonchev–Trinajstić information content (AvgIpc) is 2.53. The highest BCUT2D eigenvalue weighted by atomic mass is 19.1. The molecule has 0 bridgehead atoms. The van der Waals surface area contributed by atoms with Crippen LogP contribution in [0.3, 0.4) is 0 Å². The second-order valence-corrected chi connectivity index (χ2v) is 4.71. The summed E-state index contributed by atoms with van der Waals surface area (Å²) < 4.78 is 18.4. The molecule has 0 spiro atoms. The lowest BCUT2D eigenvalue weighted by Gasteiger charge is -2.07. The van der Waals surface area contributed by atoms with Crippen LogP contribution in [0.5, 0.6) is 5.75 Å². The molecular weight excluding hydrogens is 285 g/mol. The maximum Gasteiger partial charge on any atom is 0.250 e. The first-order chi connectivity index (χ1) is 10.6. The molecule has 6 heteroatoms. The van der Waals surface area contributed by atoms with Gasteiger partial charge in [0.25, 0.3) is 0 Å². The lowest BCUT2D eigenvalue weighted by molar-refractivity contribution is 0.1000. The number of halogens is 1. The van der Waals surface area contributed by atoms with Crippen molar-refractivity contribution >= 4 is 16.9 Å². The quantitative estimate of drug-likeness (QED) is 0.802. The molecule has 5 nitrogen and oxygen atoms in total. The van der Waals surface area contributed by atoms with E-state index in [0.29, 0.717) is 29.0 Å². The number of aromatic nitrogens is 2. The Morgan fingerprint density at radius 3 is 2.50 bits per heavy atom. The van der Waals surface area contributed by atoms with E-state index in [1.54, 1.807) is 24.3 Å². The van der Waals surface area contributed by atoms with Gasteiger partial charge in [-0.3, -0.25) is 14.8 Å². The number of hydrogen-bond donors (Lipinski definition) is 1.